The molecule has 10 heteroatoms. The average Bonchev–Trinajstić information content (AvgIpc) is 3.66. The maximum absolute atomic E-state index is 16.3. The van der Waals surface area contributed by atoms with E-state index in [9.17, 15) is 4.79 Å². The molecule has 1 aliphatic carbocycles. The molecule has 4 aromatic heterocycles. The molecule has 4 heterocycles. The Hall–Kier alpha value is -4.24. The fourth-order valence-electron chi connectivity index (χ4n) is 5.39. The van der Waals surface area contributed by atoms with Crippen LogP contribution in [-0.2, 0) is 0 Å². The normalized spacial score (nSPS) is 16.4. The number of aromatic nitrogens is 6. The SMILES string of the molecule is Cc1nc(C)n(-c2cccc(-c3ncc(C)c(-n4c(C)cc([C@@H]5CC5c5ccccn5)c(Cl)c4=O)c3F)c2F)n1. The lowest BCUT2D eigenvalue weighted by atomic mass is 10.0. The van der Waals surface area contributed by atoms with Crippen molar-refractivity contribution in [2.24, 2.45) is 0 Å². The summed E-state index contributed by atoms with van der Waals surface area (Å²) in [6.45, 7) is 6.79. The zero-order valence-electron chi connectivity index (χ0n) is 22.3. The lowest BCUT2D eigenvalue weighted by molar-refractivity contribution is 0.594. The summed E-state index contributed by atoms with van der Waals surface area (Å²) in [5.41, 5.74) is 1.87. The standard InChI is InChI=1S/C30H25ClF2N6O/c1-15-14-35-28(19-8-7-10-24(26(19)32)39-18(4)36-17(3)37-39)27(33)29(15)38-16(2)12-22(25(31)30(38)40)20-13-21(20)23-9-5-6-11-34-23/h5-12,14,20-21H,13H2,1-4H3/t20-,21?/m1/s1. The van der Waals surface area contributed by atoms with Crippen molar-refractivity contribution in [2.45, 2.75) is 46.0 Å². The van der Waals surface area contributed by atoms with Crippen LogP contribution in [0.1, 0.15) is 52.4 Å². The van der Waals surface area contributed by atoms with Crippen LogP contribution in [0.15, 0.2) is 59.7 Å². The summed E-state index contributed by atoms with van der Waals surface area (Å²) in [5.74, 6) is -0.325. The van der Waals surface area contributed by atoms with E-state index in [2.05, 4.69) is 20.1 Å². The highest BCUT2D eigenvalue weighted by molar-refractivity contribution is 6.31. The average molecular weight is 559 g/mol. The van der Waals surface area contributed by atoms with Gasteiger partial charge >= 0.3 is 0 Å². The molecule has 202 valence electrons. The molecular weight excluding hydrogens is 534 g/mol. The molecule has 7 nitrogen and oxygen atoms in total. The van der Waals surface area contributed by atoms with Gasteiger partial charge in [0.05, 0.1) is 5.69 Å². The molecule has 1 unspecified atom stereocenters. The largest absolute Gasteiger partial charge is 0.277 e. The Balaban J connectivity index is 1.45. The first-order valence-electron chi connectivity index (χ1n) is 12.8. The van der Waals surface area contributed by atoms with E-state index in [-0.39, 0.29) is 39.5 Å². The van der Waals surface area contributed by atoms with Gasteiger partial charge in [0.2, 0.25) is 0 Å². The van der Waals surface area contributed by atoms with Gasteiger partial charge in [0.15, 0.2) is 11.6 Å². The molecule has 0 N–H and O–H groups in total. The summed E-state index contributed by atoms with van der Waals surface area (Å²) in [5, 5.41) is 4.29. The molecule has 1 aliphatic rings. The Morgan fingerprint density at radius 1 is 0.975 bits per heavy atom. The van der Waals surface area contributed by atoms with Gasteiger partial charge in [-0.1, -0.05) is 23.7 Å². The van der Waals surface area contributed by atoms with E-state index in [0.717, 1.165) is 17.7 Å². The van der Waals surface area contributed by atoms with Gasteiger partial charge in [0.1, 0.15) is 28.1 Å². The first-order valence-corrected chi connectivity index (χ1v) is 13.2. The monoisotopic (exact) mass is 558 g/mol. The van der Waals surface area contributed by atoms with Crippen molar-refractivity contribution in [3.63, 3.8) is 0 Å². The topological polar surface area (TPSA) is 78.5 Å². The molecule has 0 amide bonds. The molecule has 2 atom stereocenters. The van der Waals surface area contributed by atoms with Crippen LogP contribution in [0.25, 0.3) is 22.6 Å². The molecule has 1 aromatic carbocycles. The number of hydrogen-bond donors (Lipinski definition) is 0. The van der Waals surface area contributed by atoms with E-state index >= 15 is 8.78 Å². The molecule has 0 saturated heterocycles. The predicted molar refractivity (Wildman–Crippen MR) is 148 cm³/mol. The van der Waals surface area contributed by atoms with Gasteiger partial charge in [-0.3, -0.25) is 19.3 Å². The van der Waals surface area contributed by atoms with Crippen molar-refractivity contribution in [2.75, 3.05) is 0 Å². The molecule has 0 bridgehead atoms. The number of halogens is 3. The summed E-state index contributed by atoms with van der Waals surface area (Å²) in [7, 11) is 0. The van der Waals surface area contributed by atoms with Crippen LogP contribution in [0.3, 0.4) is 0 Å². The first-order chi connectivity index (χ1) is 19.2. The molecule has 0 radical (unpaired) electrons. The fourth-order valence-corrected chi connectivity index (χ4v) is 5.66. The van der Waals surface area contributed by atoms with Gasteiger partial charge in [0, 0.05) is 35.3 Å². The van der Waals surface area contributed by atoms with Crippen molar-refractivity contribution in [3.05, 3.63) is 116 Å². The van der Waals surface area contributed by atoms with Gasteiger partial charge < -0.3 is 0 Å². The van der Waals surface area contributed by atoms with E-state index in [4.69, 9.17) is 11.6 Å². The van der Waals surface area contributed by atoms with E-state index in [0.29, 0.717) is 22.9 Å². The van der Waals surface area contributed by atoms with Gasteiger partial charge in [-0.25, -0.2) is 18.4 Å². The molecule has 0 spiro atoms. The van der Waals surface area contributed by atoms with Crippen LogP contribution in [0.4, 0.5) is 8.78 Å². The second kappa shape index (κ2) is 9.75. The Kier molecular flexibility index (Phi) is 6.34. The van der Waals surface area contributed by atoms with Crippen LogP contribution < -0.4 is 5.56 Å². The Labute approximate surface area is 234 Å². The number of hydrogen-bond acceptors (Lipinski definition) is 5. The summed E-state index contributed by atoms with van der Waals surface area (Å²) in [4.78, 5) is 26.5. The highest BCUT2D eigenvalue weighted by atomic mass is 35.5. The lowest BCUT2D eigenvalue weighted by Gasteiger charge is -2.18. The second-order valence-corrected chi connectivity index (χ2v) is 10.5. The summed E-state index contributed by atoms with van der Waals surface area (Å²) >= 11 is 6.63. The molecule has 5 aromatic rings. The minimum Gasteiger partial charge on any atom is -0.277 e. The lowest BCUT2D eigenvalue weighted by Crippen LogP contribution is -2.24. The fraction of sp³-hybridized carbons (Fsp3) is 0.233. The van der Waals surface area contributed by atoms with Gasteiger partial charge in [-0.05, 0) is 81.5 Å². The van der Waals surface area contributed by atoms with Crippen LogP contribution >= 0.6 is 11.6 Å². The van der Waals surface area contributed by atoms with E-state index in [1.807, 2.05) is 24.3 Å². The number of pyridine rings is 3. The maximum Gasteiger partial charge on any atom is 0.274 e. The molecule has 40 heavy (non-hydrogen) atoms. The number of nitrogens with zero attached hydrogens (tertiary/aromatic N) is 6. The van der Waals surface area contributed by atoms with Crippen molar-refractivity contribution in [1.29, 1.82) is 0 Å². The molecular formula is C30H25ClF2N6O. The van der Waals surface area contributed by atoms with Gasteiger partial charge in [-0.15, -0.1) is 0 Å². The summed E-state index contributed by atoms with van der Waals surface area (Å²) < 4.78 is 34.7. The molecule has 6 rings (SSSR count). The van der Waals surface area contributed by atoms with E-state index in [1.165, 1.54) is 27.6 Å². The summed E-state index contributed by atoms with van der Waals surface area (Å²) in [6, 6.07) is 12.2. The van der Waals surface area contributed by atoms with Crippen molar-refractivity contribution in [1.82, 2.24) is 29.3 Å². The third-order valence-electron chi connectivity index (χ3n) is 7.36. The highest BCUT2D eigenvalue weighted by Crippen LogP contribution is 2.55. The first kappa shape index (κ1) is 26.0. The van der Waals surface area contributed by atoms with E-state index < -0.39 is 17.2 Å². The zero-order chi connectivity index (χ0) is 28.3. The van der Waals surface area contributed by atoms with Crippen LogP contribution in [-0.4, -0.2) is 29.3 Å². The Morgan fingerprint density at radius 3 is 2.48 bits per heavy atom. The molecule has 0 aliphatic heterocycles. The predicted octanol–water partition coefficient (Wildman–Crippen LogP) is 6.31. The van der Waals surface area contributed by atoms with Crippen molar-refractivity contribution >= 4 is 11.6 Å². The van der Waals surface area contributed by atoms with Gasteiger partial charge in [-0.2, -0.15) is 5.10 Å². The van der Waals surface area contributed by atoms with Crippen LogP contribution in [0, 0.1) is 39.3 Å². The zero-order valence-corrected chi connectivity index (χ0v) is 23.0. The highest BCUT2D eigenvalue weighted by Gasteiger charge is 2.42. The Bertz CT molecular complexity index is 1850. The van der Waals surface area contributed by atoms with Crippen molar-refractivity contribution in [3.8, 4) is 22.6 Å². The third-order valence-corrected chi connectivity index (χ3v) is 7.74. The van der Waals surface area contributed by atoms with E-state index in [1.54, 1.807) is 40.0 Å². The maximum atomic E-state index is 16.3. The number of rotatable bonds is 5. The second-order valence-electron chi connectivity index (χ2n) is 10.1. The Morgan fingerprint density at radius 2 is 1.77 bits per heavy atom. The third kappa shape index (κ3) is 4.21. The van der Waals surface area contributed by atoms with Crippen LogP contribution in [0.5, 0.6) is 0 Å². The minimum absolute atomic E-state index is 0.0180. The van der Waals surface area contributed by atoms with Gasteiger partial charge in [0.25, 0.3) is 5.56 Å². The quantitative estimate of drug-likeness (QED) is 0.252. The number of aryl methyl sites for hydroxylation is 4. The van der Waals surface area contributed by atoms with Crippen LogP contribution in [0.2, 0.25) is 5.02 Å². The minimum atomic E-state index is -0.825. The van der Waals surface area contributed by atoms with Crippen molar-refractivity contribution < 1.29 is 8.78 Å². The smallest absolute Gasteiger partial charge is 0.274 e. The summed E-state index contributed by atoms with van der Waals surface area (Å²) in [6.07, 6.45) is 4.00. The molecule has 1 saturated carbocycles. The number of benzene rings is 1. The molecule has 1 fully saturated rings.